The molecule has 1 rings (SSSR count). The van der Waals surface area contributed by atoms with Gasteiger partial charge in [-0.25, -0.2) is 0 Å². The van der Waals surface area contributed by atoms with Crippen LogP contribution in [0.1, 0.15) is 25.5 Å². The summed E-state index contributed by atoms with van der Waals surface area (Å²) in [5.74, 6) is 0.625. The molecule has 1 atom stereocenters. The molecule has 1 aromatic carbocycles. The molecule has 5 nitrogen and oxygen atoms in total. The van der Waals surface area contributed by atoms with Gasteiger partial charge in [0.25, 0.3) is 0 Å². The van der Waals surface area contributed by atoms with Crippen molar-refractivity contribution in [1.82, 2.24) is 5.32 Å². The quantitative estimate of drug-likeness (QED) is 0.761. The number of hydrogen-bond acceptors (Lipinski definition) is 4. The molecule has 0 heterocycles. The largest absolute Gasteiger partial charge is 0.494 e. The molecular formula is C14H20N2O3S. The maximum absolute atomic E-state index is 11.7. The van der Waals surface area contributed by atoms with Crippen molar-refractivity contribution < 1.29 is 14.3 Å². The first kappa shape index (κ1) is 16.4. The first-order valence-electron chi connectivity index (χ1n) is 6.41. The van der Waals surface area contributed by atoms with Crippen LogP contribution in [0, 0.1) is 0 Å². The molecule has 0 radical (unpaired) electrons. The lowest BCUT2D eigenvalue weighted by molar-refractivity contribution is -0.119. The molecule has 0 saturated heterocycles. The van der Waals surface area contributed by atoms with Gasteiger partial charge in [-0.05, 0) is 31.5 Å². The highest BCUT2D eigenvalue weighted by Gasteiger charge is 2.10. The Balaban J connectivity index is 2.48. The Morgan fingerprint density at radius 1 is 1.40 bits per heavy atom. The molecule has 0 saturated carbocycles. The molecule has 0 aliphatic heterocycles. The maximum Gasteiger partial charge on any atom is 0.230 e. The van der Waals surface area contributed by atoms with E-state index in [1.165, 1.54) is 11.8 Å². The van der Waals surface area contributed by atoms with E-state index in [0.717, 1.165) is 11.3 Å². The standard InChI is InChI=1S/C14H20N2O3S/c1-3-19-12-6-4-5-11(7-12)10(2)16-14(18)9-20-8-13(15)17/h4-7,10H,3,8-9H2,1-2H3,(H2,15,17)(H,16,18). The van der Waals surface area contributed by atoms with Crippen LogP contribution in [0.3, 0.4) is 0 Å². The Labute approximate surface area is 123 Å². The lowest BCUT2D eigenvalue weighted by atomic mass is 10.1. The van der Waals surface area contributed by atoms with E-state index < -0.39 is 5.91 Å². The van der Waals surface area contributed by atoms with Crippen molar-refractivity contribution in [2.24, 2.45) is 5.73 Å². The molecule has 2 amide bonds. The minimum Gasteiger partial charge on any atom is -0.494 e. The van der Waals surface area contributed by atoms with Gasteiger partial charge in [0, 0.05) is 0 Å². The summed E-state index contributed by atoms with van der Waals surface area (Å²) in [6.45, 7) is 4.43. The summed E-state index contributed by atoms with van der Waals surface area (Å²) in [4.78, 5) is 22.3. The van der Waals surface area contributed by atoms with Gasteiger partial charge in [0.15, 0.2) is 0 Å². The molecule has 6 heteroatoms. The molecule has 0 aliphatic rings. The monoisotopic (exact) mass is 296 g/mol. The lowest BCUT2D eigenvalue weighted by Crippen LogP contribution is -2.28. The Hall–Kier alpha value is -1.69. The summed E-state index contributed by atoms with van der Waals surface area (Å²) in [7, 11) is 0. The third-order valence-electron chi connectivity index (χ3n) is 2.52. The van der Waals surface area contributed by atoms with Crippen LogP contribution in [0.15, 0.2) is 24.3 Å². The number of rotatable bonds is 8. The molecule has 0 bridgehead atoms. The summed E-state index contributed by atoms with van der Waals surface area (Å²) in [6.07, 6.45) is 0. The van der Waals surface area contributed by atoms with E-state index in [0.29, 0.717) is 6.61 Å². The van der Waals surface area contributed by atoms with Crippen molar-refractivity contribution in [3.8, 4) is 5.75 Å². The van der Waals surface area contributed by atoms with Crippen LogP contribution in [0.5, 0.6) is 5.75 Å². The molecule has 0 fully saturated rings. The SMILES string of the molecule is CCOc1cccc(C(C)NC(=O)CSCC(N)=O)c1. The van der Waals surface area contributed by atoms with Crippen LogP contribution in [-0.2, 0) is 9.59 Å². The average Bonchev–Trinajstić information content (AvgIpc) is 2.39. The van der Waals surface area contributed by atoms with Gasteiger partial charge in [-0.15, -0.1) is 11.8 Å². The summed E-state index contributed by atoms with van der Waals surface area (Å²) in [5.41, 5.74) is 5.99. The molecule has 1 unspecified atom stereocenters. The van der Waals surface area contributed by atoms with Crippen molar-refractivity contribution in [2.45, 2.75) is 19.9 Å². The normalized spacial score (nSPS) is 11.7. The third kappa shape index (κ3) is 5.97. The number of thioether (sulfide) groups is 1. The Morgan fingerprint density at radius 2 is 2.15 bits per heavy atom. The van der Waals surface area contributed by atoms with E-state index in [1.807, 2.05) is 38.1 Å². The van der Waals surface area contributed by atoms with Crippen LogP contribution in [0.4, 0.5) is 0 Å². The predicted octanol–water partition coefficient (Wildman–Crippen LogP) is 1.48. The first-order valence-corrected chi connectivity index (χ1v) is 7.56. The van der Waals surface area contributed by atoms with E-state index in [9.17, 15) is 9.59 Å². The smallest absolute Gasteiger partial charge is 0.230 e. The second kappa shape index (κ2) is 8.47. The lowest BCUT2D eigenvalue weighted by Gasteiger charge is -2.15. The number of nitrogens with two attached hydrogens (primary N) is 1. The molecule has 20 heavy (non-hydrogen) atoms. The number of carbonyl (C=O) groups is 2. The van der Waals surface area contributed by atoms with Gasteiger partial charge >= 0.3 is 0 Å². The van der Waals surface area contributed by atoms with Crippen LogP contribution in [0.2, 0.25) is 0 Å². The highest BCUT2D eigenvalue weighted by molar-refractivity contribution is 8.00. The molecule has 110 valence electrons. The zero-order valence-corrected chi connectivity index (χ0v) is 12.5. The number of amides is 2. The molecular weight excluding hydrogens is 276 g/mol. The van der Waals surface area contributed by atoms with Crippen LogP contribution in [-0.4, -0.2) is 29.9 Å². The fraction of sp³-hybridized carbons (Fsp3) is 0.429. The Bertz CT molecular complexity index is 465. The minimum atomic E-state index is -0.416. The Morgan fingerprint density at radius 3 is 2.80 bits per heavy atom. The third-order valence-corrected chi connectivity index (χ3v) is 3.48. The van der Waals surface area contributed by atoms with Crippen molar-refractivity contribution in [2.75, 3.05) is 18.1 Å². The first-order chi connectivity index (χ1) is 9.52. The fourth-order valence-electron chi connectivity index (χ4n) is 1.65. The van der Waals surface area contributed by atoms with Crippen molar-refractivity contribution in [3.05, 3.63) is 29.8 Å². The van der Waals surface area contributed by atoms with E-state index in [2.05, 4.69) is 5.32 Å². The van der Waals surface area contributed by atoms with E-state index in [-0.39, 0.29) is 23.5 Å². The van der Waals surface area contributed by atoms with Gasteiger partial charge in [0.2, 0.25) is 11.8 Å². The second-order valence-corrected chi connectivity index (χ2v) is 5.24. The topological polar surface area (TPSA) is 81.4 Å². The van der Waals surface area contributed by atoms with Crippen molar-refractivity contribution in [3.63, 3.8) is 0 Å². The summed E-state index contributed by atoms with van der Waals surface area (Å²) < 4.78 is 5.42. The molecule has 0 aliphatic carbocycles. The predicted molar refractivity (Wildman–Crippen MR) is 80.7 cm³/mol. The van der Waals surface area contributed by atoms with E-state index in [4.69, 9.17) is 10.5 Å². The fourth-order valence-corrected chi connectivity index (χ4v) is 2.22. The maximum atomic E-state index is 11.7. The van der Waals surface area contributed by atoms with E-state index >= 15 is 0 Å². The number of carbonyl (C=O) groups excluding carboxylic acids is 2. The van der Waals surface area contributed by atoms with Gasteiger partial charge in [0.05, 0.1) is 24.2 Å². The number of hydrogen-bond donors (Lipinski definition) is 2. The summed E-state index contributed by atoms with van der Waals surface area (Å²) in [5, 5.41) is 2.87. The zero-order chi connectivity index (χ0) is 15.0. The number of nitrogens with one attached hydrogen (secondary N) is 1. The van der Waals surface area contributed by atoms with Crippen LogP contribution < -0.4 is 15.8 Å². The molecule has 0 spiro atoms. The van der Waals surface area contributed by atoms with Gasteiger partial charge in [0.1, 0.15) is 5.75 Å². The molecule has 0 aromatic heterocycles. The number of benzene rings is 1. The zero-order valence-electron chi connectivity index (χ0n) is 11.7. The van der Waals surface area contributed by atoms with Crippen molar-refractivity contribution >= 4 is 23.6 Å². The molecule has 1 aromatic rings. The van der Waals surface area contributed by atoms with Gasteiger partial charge in [-0.1, -0.05) is 12.1 Å². The highest BCUT2D eigenvalue weighted by atomic mass is 32.2. The summed E-state index contributed by atoms with van der Waals surface area (Å²) in [6, 6.07) is 7.50. The highest BCUT2D eigenvalue weighted by Crippen LogP contribution is 2.19. The number of primary amides is 1. The van der Waals surface area contributed by atoms with Crippen LogP contribution in [0.25, 0.3) is 0 Å². The number of ether oxygens (including phenoxy) is 1. The average molecular weight is 296 g/mol. The summed E-state index contributed by atoms with van der Waals surface area (Å²) >= 11 is 1.21. The second-order valence-electron chi connectivity index (χ2n) is 4.25. The minimum absolute atomic E-state index is 0.114. The van der Waals surface area contributed by atoms with E-state index in [1.54, 1.807) is 0 Å². The van der Waals surface area contributed by atoms with Crippen molar-refractivity contribution in [1.29, 1.82) is 0 Å². The van der Waals surface area contributed by atoms with Gasteiger partial charge in [-0.2, -0.15) is 0 Å². The van der Waals surface area contributed by atoms with Gasteiger partial charge in [-0.3, -0.25) is 9.59 Å². The molecule has 3 N–H and O–H groups in total. The van der Waals surface area contributed by atoms with Crippen LogP contribution >= 0.6 is 11.8 Å². The Kier molecular flexibility index (Phi) is 6.93. The van der Waals surface area contributed by atoms with Gasteiger partial charge < -0.3 is 15.8 Å².